The van der Waals surface area contributed by atoms with E-state index in [1.54, 1.807) is 28.9 Å². The van der Waals surface area contributed by atoms with Crippen LogP contribution in [-0.2, 0) is 0 Å². The predicted octanol–water partition coefficient (Wildman–Crippen LogP) is 4.62. The molecule has 0 aliphatic carbocycles. The van der Waals surface area contributed by atoms with Gasteiger partial charge in [-0.3, -0.25) is 5.01 Å². The van der Waals surface area contributed by atoms with Gasteiger partial charge in [0.1, 0.15) is 11.5 Å². The Balaban J connectivity index is 2.09. The molecule has 2 aromatic carbocycles. The molecule has 1 aliphatic heterocycles. The van der Waals surface area contributed by atoms with E-state index >= 15 is 0 Å². The van der Waals surface area contributed by atoms with E-state index in [2.05, 4.69) is 10.3 Å². The number of rotatable bonds is 2. The van der Waals surface area contributed by atoms with E-state index in [1.165, 1.54) is 6.07 Å². The molecule has 0 radical (unpaired) electrons. The topological polar surface area (TPSA) is 31.2 Å². The highest BCUT2D eigenvalue weighted by atomic mass is 32.2. The SMILES string of the molecule is CN(C)N=Nc1cccc2c1N(C)c1ccc(F)cc1S2. The van der Waals surface area contributed by atoms with Gasteiger partial charge >= 0.3 is 0 Å². The van der Waals surface area contributed by atoms with Crippen molar-refractivity contribution in [1.29, 1.82) is 0 Å². The van der Waals surface area contributed by atoms with Gasteiger partial charge in [-0.2, -0.15) is 0 Å². The van der Waals surface area contributed by atoms with E-state index in [4.69, 9.17) is 0 Å². The third kappa shape index (κ3) is 2.58. The molecule has 6 heteroatoms. The maximum absolute atomic E-state index is 13.4. The molecule has 3 rings (SSSR count). The Labute approximate surface area is 127 Å². The van der Waals surface area contributed by atoms with Gasteiger partial charge in [0.05, 0.1) is 11.4 Å². The van der Waals surface area contributed by atoms with Crippen LogP contribution in [0.3, 0.4) is 0 Å². The zero-order chi connectivity index (χ0) is 15.0. The van der Waals surface area contributed by atoms with Crippen molar-refractivity contribution in [2.45, 2.75) is 9.79 Å². The van der Waals surface area contributed by atoms with E-state index in [0.717, 1.165) is 26.9 Å². The molecule has 0 N–H and O–H groups in total. The smallest absolute Gasteiger partial charge is 0.124 e. The number of nitrogens with zero attached hydrogens (tertiary/aromatic N) is 4. The summed E-state index contributed by atoms with van der Waals surface area (Å²) in [6.45, 7) is 0. The molecule has 2 aromatic rings. The Bertz CT molecular complexity index is 715. The van der Waals surface area contributed by atoms with E-state index in [1.807, 2.05) is 44.2 Å². The Morgan fingerprint density at radius 2 is 1.95 bits per heavy atom. The fourth-order valence-corrected chi connectivity index (χ4v) is 3.44. The molecule has 0 spiro atoms. The first-order valence-corrected chi connectivity index (χ1v) is 7.31. The molecule has 0 atom stereocenters. The minimum absolute atomic E-state index is 0.221. The highest BCUT2D eigenvalue weighted by Gasteiger charge is 2.23. The van der Waals surface area contributed by atoms with Crippen LogP contribution in [0.4, 0.5) is 21.5 Å². The number of fused-ring (bicyclic) bond motifs is 2. The Hall–Kier alpha value is -2.08. The lowest BCUT2D eigenvalue weighted by Gasteiger charge is -2.30. The van der Waals surface area contributed by atoms with Gasteiger partial charge in [-0.05, 0) is 30.3 Å². The number of anilines is 2. The van der Waals surface area contributed by atoms with E-state index in [-0.39, 0.29) is 5.82 Å². The van der Waals surface area contributed by atoms with Gasteiger partial charge in [-0.15, -0.1) is 5.11 Å². The largest absolute Gasteiger partial charge is 0.341 e. The third-order valence-electron chi connectivity index (χ3n) is 3.15. The quantitative estimate of drug-likeness (QED) is 0.599. The zero-order valence-corrected chi connectivity index (χ0v) is 12.9. The summed E-state index contributed by atoms with van der Waals surface area (Å²) in [4.78, 5) is 3.99. The molecule has 0 saturated heterocycles. The molecule has 0 fully saturated rings. The summed E-state index contributed by atoms with van der Waals surface area (Å²) in [5, 5.41) is 10.0. The van der Waals surface area contributed by atoms with Crippen molar-refractivity contribution in [2.75, 3.05) is 26.0 Å². The van der Waals surface area contributed by atoms with Crippen LogP contribution in [-0.4, -0.2) is 26.2 Å². The third-order valence-corrected chi connectivity index (χ3v) is 4.24. The van der Waals surface area contributed by atoms with Gasteiger partial charge in [0, 0.05) is 30.9 Å². The lowest BCUT2D eigenvalue weighted by Crippen LogP contribution is -2.15. The molecule has 1 heterocycles. The van der Waals surface area contributed by atoms with Crippen molar-refractivity contribution in [1.82, 2.24) is 5.01 Å². The van der Waals surface area contributed by atoms with E-state index in [9.17, 15) is 4.39 Å². The van der Waals surface area contributed by atoms with Crippen LogP contribution in [0.2, 0.25) is 0 Å². The molecule has 1 aliphatic rings. The van der Waals surface area contributed by atoms with Crippen LogP contribution in [0.1, 0.15) is 0 Å². The van der Waals surface area contributed by atoms with Crippen LogP contribution >= 0.6 is 11.8 Å². The first kappa shape index (κ1) is 13.9. The second kappa shape index (κ2) is 5.37. The highest BCUT2D eigenvalue weighted by Crippen LogP contribution is 2.51. The van der Waals surface area contributed by atoms with Crippen LogP contribution in [0.25, 0.3) is 0 Å². The van der Waals surface area contributed by atoms with E-state index in [0.29, 0.717) is 0 Å². The van der Waals surface area contributed by atoms with Crippen molar-refractivity contribution in [3.63, 3.8) is 0 Å². The van der Waals surface area contributed by atoms with Gasteiger partial charge in [-0.1, -0.05) is 23.1 Å². The monoisotopic (exact) mass is 302 g/mol. The van der Waals surface area contributed by atoms with E-state index < -0.39 is 0 Å². The lowest BCUT2D eigenvalue weighted by atomic mass is 10.2. The van der Waals surface area contributed by atoms with Gasteiger partial charge < -0.3 is 4.90 Å². The first-order valence-electron chi connectivity index (χ1n) is 6.49. The van der Waals surface area contributed by atoms with Gasteiger partial charge in [-0.25, -0.2) is 4.39 Å². The summed E-state index contributed by atoms with van der Waals surface area (Å²) in [7, 11) is 5.62. The summed E-state index contributed by atoms with van der Waals surface area (Å²) < 4.78 is 13.4. The van der Waals surface area contributed by atoms with Gasteiger partial charge in [0.2, 0.25) is 0 Å². The molecule has 4 nitrogen and oxygen atoms in total. The van der Waals surface area contributed by atoms with Crippen LogP contribution in [0.5, 0.6) is 0 Å². The van der Waals surface area contributed by atoms with Crippen molar-refractivity contribution in [3.05, 3.63) is 42.2 Å². The number of benzene rings is 2. The standard InChI is InChI=1S/C15H15FN4S/c1-19(2)18-17-11-5-4-6-13-15(11)20(3)12-8-7-10(16)9-14(12)21-13/h4-9H,1-3H3. The minimum Gasteiger partial charge on any atom is -0.341 e. The number of hydrogen-bond donors (Lipinski definition) is 0. The van der Waals surface area contributed by atoms with Gasteiger partial charge in [0.25, 0.3) is 0 Å². The first-order chi connectivity index (χ1) is 10.1. The number of hydrogen-bond acceptors (Lipinski definition) is 4. The summed E-state index contributed by atoms with van der Waals surface area (Å²) in [6.07, 6.45) is 0. The predicted molar refractivity (Wildman–Crippen MR) is 83.2 cm³/mol. The maximum Gasteiger partial charge on any atom is 0.124 e. The van der Waals surface area contributed by atoms with Crippen molar-refractivity contribution in [3.8, 4) is 0 Å². The number of para-hydroxylation sites is 1. The molecule has 0 bridgehead atoms. The molecule has 0 saturated carbocycles. The summed E-state index contributed by atoms with van der Waals surface area (Å²) in [5.41, 5.74) is 2.76. The molecule has 0 amide bonds. The summed E-state index contributed by atoms with van der Waals surface area (Å²) >= 11 is 1.55. The molecule has 0 aromatic heterocycles. The van der Waals surface area contributed by atoms with Crippen LogP contribution in [0, 0.1) is 5.82 Å². The maximum atomic E-state index is 13.4. The molecular formula is C15H15FN4S. The fourth-order valence-electron chi connectivity index (χ4n) is 2.23. The second-order valence-electron chi connectivity index (χ2n) is 4.93. The average Bonchev–Trinajstić information content (AvgIpc) is 2.44. The minimum atomic E-state index is -0.221. The van der Waals surface area contributed by atoms with Gasteiger partial charge in [0.15, 0.2) is 0 Å². The Morgan fingerprint density at radius 1 is 1.14 bits per heavy atom. The molecule has 0 unspecified atom stereocenters. The Kier molecular flexibility index (Phi) is 3.55. The van der Waals surface area contributed by atoms with Crippen LogP contribution < -0.4 is 4.90 Å². The average molecular weight is 302 g/mol. The summed E-state index contributed by atoms with van der Waals surface area (Å²) in [6, 6.07) is 10.7. The zero-order valence-electron chi connectivity index (χ0n) is 12.0. The fraction of sp³-hybridized carbons (Fsp3) is 0.200. The molecular weight excluding hydrogens is 287 g/mol. The van der Waals surface area contributed by atoms with Crippen molar-refractivity contribution >= 4 is 28.8 Å². The lowest BCUT2D eigenvalue weighted by molar-refractivity contribution is 0.408. The van der Waals surface area contributed by atoms with Crippen molar-refractivity contribution in [2.24, 2.45) is 10.3 Å². The molecule has 108 valence electrons. The number of halogens is 1. The second-order valence-corrected chi connectivity index (χ2v) is 6.02. The highest BCUT2D eigenvalue weighted by molar-refractivity contribution is 7.99. The van der Waals surface area contributed by atoms with Crippen LogP contribution in [0.15, 0.2) is 56.5 Å². The molecule has 21 heavy (non-hydrogen) atoms. The Morgan fingerprint density at radius 3 is 2.71 bits per heavy atom. The summed E-state index contributed by atoms with van der Waals surface area (Å²) in [5.74, 6) is -0.221. The van der Waals surface area contributed by atoms with Crippen molar-refractivity contribution < 1.29 is 4.39 Å². The normalized spacial score (nSPS) is 13.2.